The summed E-state index contributed by atoms with van der Waals surface area (Å²) in [6.45, 7) is 4.18. The predicted molar refractivity (Wildman–Crippen MR) is 82.6 cm³/mol. The van der Waals surface area contributed by atoms with Gasteiger partial charge in [0, 0.05) is 17.8 Å². The lowest BCUT2D eigenvalue weighted by Gasteiger charge is -2.27. The van der Waals surface area contributed by atoms with Crippen molar-refractivity contribution in [2.45, 2.75) is 51.6 Å². The summed E-state index contributed by atoms with van der Waals surface area (Å²) in [6.07, 6.45) is 4.63. The van der Waals surface area contributed by atoms with Crippen LogP contribution in [0.3, 0.4) is 0 Å². The number of benzene rings is 1. The number of rotatable bonds is 3. The van der Waals surface area contributed by atoms with Crippen molar-refractivity contribution >= 4 is 11.7 Å². The minimum absolute atomic E-state index is 0.0287. The van der Waals surface area contributed by atoms with E-state index in [0.717, 1.165) is 24.1 Å². The highest BCUT2D eigenvalue weighted by atomic mass is 16.2. The summed E-state index contributed by atoms with van der Waals surface area (Å²) < 4.78 is 0. The third-order valence-electron chi connectivity index (χ3n) is 3.94. The third-order valence-corrected chi connectivity index (χ3v) is 3.94. The van der Waals surface area contributed by atoms with Gasteiger partial charge in [-0.3, -0.25) is 0 Å². The highest BCUT2D eigenvalue weighted by molar-refractivity contribution is 5.89. The summed E-state index contributed by atoms with van der Waals surface area (Å²) >= 11 is 0. The molecule has 3 atom stereocenters. The Morgan fingerprint density at radius 2 is 2.20 bits per heavy atom. The third kappa shape index (κ3) is 4.23. The zero-order valence-corrected chi connectivity index (χ0v) is 12.4. The van der Waals surface area contributed by atoms with Gasteiger partial charge in [0.05, 0.1) is 0 Å². The molecule has 1 aliphatic carbocycles. The van der Waals surface area contributed by atoms with Gasteiger partial charge in [0.25, 0.3) is 0 Å². The van der Waals surface area contributed by atoms with Crippen molar-refractivity contribution in [1.82, 2.24) is 5.32 Å². The molecule has 0 aromatic heterocycles. The number of urea groups is 1. The van der Waals surface area contributed by atoms with E-state index in [1.165, 1.54) is 12.8 Å². The molecule has 2 amide bonds. The van der Waals surface area contributed by atoms with E-state index in [9.17, 15) is 4.79 Å². The Bertz CT molecular complexity index is 459. The van der Waals surface area contributed by atoms with Gasteiger partial charge in [-0.2, -0.15) is 0 Å². The van der Waals surface area contributed by atoms with E-state index in [4.69, 9.17) is 5.73 Å². The SMILES string of the molecule is CC1CCCC(NC(=O)Nc2cccc(C(C)N)c2)C1. The summed E-state index contributed by atoms with van der Waals surface area (Å²) in [5.74, 6) is 0.704. The molecule has 4 nitrogen and oxygen atoms in total. The molecule has 2 rings (SSSR count). The van der Waals surface area contributed by atoms with Crippen molar-refractivity contribution in [3.05, 3.63) is 29.8 Å². The molecule has 0 heterocycles. The molecule has 3 unspecified atom stereocenters. The molecule has 110 valence electrons. The molecule has 1 aromatic carbocycles. The Labute approximate surface area is 121 Å². The van der Waals surface area contributed by atoms with E-state index >= 15 is 0 Å². The van der Waals surface area contributed by atoms with Crippen LogP contribution in [0.5, 0.6) is 0 Å². The second-order valence-electron chi connectivity index (χ2n) is 5.98. The lowest BCUT2D eigenvalue weighted by Crippen LogP contribution is -2.40. The van der Waals surface area contributed by atoms with Gasteiger partial charge >= 0.3 is 6.03 Å². The normalized spacial score (nSPS) is 23.9. The summed E-state index contributed by atoms with van der Waals surface area (Å²) in [6, 6.07) is 7.84. The fraction of sp³-hybridized carbons (Fsp3) is 0.562. The molecule has 4 N–H and O–H groups in total. The molecule has 0 spiro atoms. The molecule has 20 heavy (non-hydrogen) atoms. The monoisotopic (exact) mass is 275 g/mol. The number of nitrogens with two attached hydrogens (primary N) is 1. The van der Waals surface area contributed by atoms with Crippen LogP contribution in [0.2, 0.25) is 0 Å². The maximum absolute atomic E-state index is 12.0. The average molecular weight is 275 g/mol. The first kappa shape index (κ1) is 14.9. The largest absolute Gasteiger partial charge is 0.335 e. The van der Waals surface area contributed by atoms with Gasteiger partial charge in [-0.15, -0.1) is 0 Å². The fourth-order valence-corrected chi connectivity index (χ4v) is 2.82. The van der Waals surface area contributed by atoms with E-state index < -0.39 is 0 Å². The molecule has 0 radical (unpaired) electrons. The van der Waals surface area contributed by atoms with Gasteiger partial charge in [-0.25, -0.2) is 4.79 Å². The zero-order valence-electron chi connectivity index (χ0n) is 12.4. The molecular formula is C16H25N3O. The van der Waals surface area contributed by atoms with Crippen LogP contribution < -0.4 is 16.4 Å². The zero-order chi connectivity index (χ0) is 14.5. The Hall–Kier alpha value is -1.55. The summed E-state index contributed by atoms with van der Waals surface area (Å²) in [4.78, 5) is 12.0. The fourth-order valence-electron chi connectivity index (χ4n) is 2.82. The summed E-state index contributed by atoms with van der Waals surface area (Å²) in [5.41, 5.74) is 7.66. The van der Waals surface area contributed by atoms with Crippen molar-refractivity contribution in [3.63, 3.8) is 0 Å². The van der Waals surface area contributed by atoms with Crippen LogP contribution in [0.1, 0.15) is 51.1 Å². The van der Waals surface area contributed by atoms with Crippen LogP contribution in [-0.2, 0) is 0 Å². The molecule has 1 aromatic rings. The van der Waals surface area contributed by atoms with Gasteiger partial charge < -0.3 is 16.4 Å². The van der Waals surface area contributed by atoms with Crippen molar-refractivity contribution < 1.29 is 4.79 Å². The lowest BCUT2D eigenvalue weighted by atomic mass is 9.87. The van der Waals surface area contributed by atoms with E-state index in [1.54, 1.807) is 0 Å². The Morgan fingerprint density at radius 1 is 1.40 bits per heavy atom. The Kier molecular flexibility index (Phi) is 5.01. The minimum atomic E-state index is -0.120. The molecule has 1 saturated carbocycles. The standard InChI is InChI=1S/C16H25N3O/c1-11-5-3-7-14(9-11)18-16(20)19-15-8-4-6-13(10-15)12(2)17/h4,6,8,10-12,14H,3,5,7,9,17H2,1-2H3,(H2,18,19,20). The van der Waals surface area contributed by atoms with E-state index in [-0.39, 0.29) is 12.1 Å². The topological polar surface area (TPSA) is 67.2 Å². The molecule has 1 aliphatic rings. The van der Waals surface area contributed by atoms with Crippen LogP contribution in [-0.4, -0.2) is 12.1 Å². The first-order valence-electron chi connectivity index (χ1n) is 7.47. The van der Waals surface area contributed by atoms with Gasteiger partial charge in [-0.1, -0.05) is 31.9 Å². The van der Waals surface area contributed by atoms with Crippen LogP contribution in [0, 0.1) is 5.92 Å². The van der Waals surface area contributed by atoms with Crippen molar-refractivity contribution in [1.29, 1.82) is 0 Å². The average Bonchev–Trinajstić information content (AvgIpc) is 2.38. The van der Waals surface area contributed by atoms with Crippen LogP contribution >= 0.6 is 0 Å². The molecule has 0 bridgehead atoms. The summed E-state index contributed by atoms with van der Waals surface area (Å²) in [7, 11) is 0. The summed E-state index contributed by atoms with van der Waals surface area (Å²) in [5, 5.41) is 5.96. The molecule has 0 saturated heterocycles. The van der Waals surface area contributed by atoms with Gasteiger partial charge in [0.15, 0.2) is 0 Å². The molecule has 4 heteroatoms. The van der Waals surface area contributed by atoms with Gasteiger partial charge in [-0.05, 0) is 43.4 Å². The number of hydrogen-bond acceptors (Lipinski definition) is 2. The van der Waals surface area contributed by atoms with Crippen molar-refractivity contribution in [2.75, 3.05) is 5.32 Å². The lowest BCUT2D eigenvalue weighted by molar-refractivity contribution is 0.238. The first-order valence-corrected chi connectivity index (χ1v) is 7.47. The second-order valence-corrected chi connectivity index (χ2v) is 5.98. The maximum Gasteiger partial charge on any atom is 0.319 e. The van der Waals surface area contributed by atoms with E-state index in [2.05, 4.69) is 17.6 Å². The Balaban J connectivity index is 1.89. The van der Waals surface area contributed by atoms with Gasteiger partial charge in [0.2, 0.25) is 0 Å². The van der Waals surface area contributed by atoms with Crippen LogP contribution in [0.15, 0.2) is 24.3 Å². The predicted octanol–water partition coefficient (Wildman–Crippen LogP) is 3.41. The van der Waals surface area contributed by atoms with Crippen molar-refractivity contribution in [3.8, 4) is 0 Å². The number of hydrogen-bond donors (Lipinski definition) is 3. The number of nitrogens with one attached hydrogen (secondary N) is 2. The number of carbonyl (C=O) groups excluding carboxylic acids is 1. The van der Waals surface area contributed by atoms with Crippen LogP contribution in [0.25, 0.3) is 0 Å². The van der Waals surface area contributed by atoms with Crippen LogP contribution in [0.4, 0.5) is 10.5 Å². The number of anilines is 1. The highest BCUT2D eigenvalue weighted by Gasteiger charge is 2.20. The maximum atomic E-state index is 12.0. The first-order chi connectivity index (χ1) is 9.54. The van der Waals surface area contributed by atoms with Crippen molar-refractivity contribution in [2.24, 2.45) is 11.7 Å². The second kappa shape index (κ2) is 6.75. The molecular weight excluding hydrogens is 250 g/mol. The Morgan fingerprint density at radius 3 is 2.90 bits per heavy atom. The van der Waals surface area contributed by atoms with E-state index in [0.29, 0.717) is 12.0 Å². The molecule has 1 fully saturated rings. The van der Waals surface area contributed by atoms with E-state index in [1.807, 2.05) is 31.2 Å². The highest BCUT2D eigenvalue weighted by Crippen LogP contribution is 2.23. The quantitative estimate of drug-likeness (QED) is 0.791. The number of amides is 2. The van der Waals surface area contributed by atoms with Gasteiger partial charge in [0.1, 0.15) is 0 Å². The molecule has 0 aliphatic heterocycles. The smallest absolute Gasteiger partial charge is 0.319 e. The number of carbonyl (C=O) groups is 1. The minimum Gasteiger partial charge on any atom is -0.335 e.